The van der Waals surface area contributed by atoms with E-state index >= 15 is 0 Å². The van der Waals surface area contributed by atoms with Gasteiger partial charge in [-0.05, 0) is 57.5 Å². The number of carbonyl (C=O) groups is 1. The Morgan fingerprint density at radius 3 is 2.83 bits per heavy atom. The molecule has 1 aliphatic carbocycles. The Bertz CT molecular complexity index is 321. The molecule has 2 heterocycles. The topological polar surface area (TPSA) is 50.4 Å². The van der Waals surface area contributed by atoms with Crippen LogP contribution in [0.15, 0.2) is 0 Å². The van der Waals surface area contributed by atoms with E-state index in [0.29, 0.717) is 12.6 Å². The van der Waals surface area contributed by atoms with Crippen molar-refractivity contribution in [2.75, 3.05) is 19.7 Å². The summed E-state index contributed by atoms with van der Waals surface area (Å²) in [7, 11) is 0. The van der Waals surface area contributed by atoms with Gasteiger partial charge >= 0.3 is 0 Å². The van der Waals surface area contributed by atoms with Gasteiger partial charge in [-0.25, -0.2) is 0 Å². The quantitative estimate of drug-likeness (QED) is 0.768. The molecule has 0 bridgehead atoms. The summed E-state index contributed by atoms with van der Waals surface area (Å²) in [6, 6.07) is 0.398. The number of fused-ring (bicyclic) bond motifs is 1. The van der Waals surface area contributed by atoms with Gasteiger partial charge in [0.15, 0.2) is 0 Å². The third-order valence-corrected chi connectivity index (χ3v) is 4.87. The van der Waals surface area contributed by atoms with Crippen LogP contribution in [0.4, 0.5) is 0 Å². The molecule has 0 spiro atoms. The Hall–Kier alpha value is -0.610. The van der Waals surface area contributed by atoms with Crippen LogP contribution < -0.4 is 10.6 Å². The smallest absolute Gasteiger partial charge is 0.225 e. The first-order valence-electron chi connectivity index (χ1n) is 7.35. The number of ether oxygens (including phenoxy) is 1. The van der Waals surface area contributed by atoms with E-state index in [9.17, 15) is 4.79 Å². The highest BCUT2D eigenvalue weighted by molar-refractivity contribution is 5.79. The zero-order valence-electron chi connectivity index (χ0n) is 11.2. The summed E-state index contributed by atoms with van der Waals surface area (Å²) < 4.78 is 5.47. The van der Waals surface area contributed by atoms with E-state index in [1.807, 2.05) is 6.92 Å². The highest BCUT2D eigenvalue weighted by Crippen LogP contribution is 2.32. The van der Waals surface area contributed by atoms with Crippen molar-refractivity contribution in [1.29, 1.82) is 0 Å². The minimum atomic E-state index is 0.0828. The first-order chi connectivity index (χ1) is 8.72. The predicted octanol–water partition coefficient (Wildman–Crippen LogP) is 0.916. The molecule has 4 heteroatoms. The Labute approximate surface area is 109 Å². The highest BCUT2D eigenvalue weighted by atomic mass is 16.5. The van der Waals surface area contributed by atoms with Crippen LogP contribution in [0.3, 0.4) is 0 Å². The van der Waals surface area contributed by atoms with Gasteiger partial charge in [-0.2, -0.15) is 0 Å². The lowest BCUT2D eigenvalue weighted by atomic mass is 9.79. The Balaban J connectivity index is 1.49. The van der Waals surface area contributed by atoms with Crippen molar-refractivity contribution < 1.29 is 9.53 Å². The molecule has 18 heavy (non-hydrogen) atoms. The monoisotopic (exact) mass is 252 g/mol. The van der Waals surface area contributed by atoms with Gasteiger partial charge in [-0.3, -0.25) is 4.79 Å². The summed E-state index contributed by atoms with van der Waals surface area (Å²) in [5.74, 6) is 1.93. The van der Waals surface area contributed by atoms with E-state index in [1.54, 1.807) is 0 Å². The average molecular weight is 252 g/mol. The van der Waals surface area contributed by atoms with Gasteiger partial charge in [0.1, 0.15) is 0 Å². The van der Waals surface area contributed by atoms with E-state index in [1.165, 1.54) is 13.0 Å². The lowest BCUT2D eigenvalue weighted by molar-refractivity contribution is -0.126. The van der Waals surface area contributed by atoms with Crippen molar-refractivity contribution in [3.05, 3.63) is 0 Å². The molecule has 1 amide bonds. The van der Waals surface area contributed by atoms with E-state index in [-0.39, 0.29) is 17.9 Å². The fourth-order valence-corrected chi connectivity index (χ4v) is 3.75. The minimum Gasteiger partial charge on any atom is -0.378 e. The zero-order valence-corrected chi connectivity index (χ0v) is 11.2. The van der Waals surface area contributed by atoms with Gasteiger partial charge in [0.25, 0.3) is 0 Å². The number of carbonyl (C=O) groups excluding carboxylic acids is 1. The maximum atomic E-state index is 12.1. The molecule has 2 saturated heterocycles. The van der Waals surface area contributed by atoms with Gasteiger partial charge in [-0.15, -0.1) is 0 Å². The molecule has 1 saturated carbocycles. The summed E-state index contributed by atoms with van der Waals surface area (Å²) in [5.41, 5.74) is 0. The molecule has 0 aromatic carbocycles. The molecule has 3 aliphatic rings. The molecule has 0 radical (unpaired) electrons. The van der Waals surface area contributed by atoms with Gasteiger partial charge < -0.3 is 15.4 Å². The number of hydrogen-bond donors (Lipinski definition) is 2. The maximum Gasteiger partial charge on any atom is 0.225 e. The molecule has 4 nitrogen and oxygen atoms in total. The van der Waals surface area contributed by atoms with Gasteiger partial charge in [-0.1, -0.05) is 0 Å². The fraction of sp³-hybridized carbons (Fsp3) is 0.929. The molecule has 2 N–H and O–H groups in total. The largest absolute Gasteiger partial charge is 0.378 e. The van der Waals surface area contributed by atoms with Gasteiger partial charge in [0.05, 0.1) is 18.6 Å². The predicted molar refractivity (Wildman–Crippen MR) is 69.2 cm³/mol. The molecule has 5 atom stereocenters. The van der Waals surface area contributed by atoms with Crippen molar-refractivity contribution in [3.8, 4) is 0 Å². The van der Waals surface area contributed by atoms with Gasteiger partial charge in [0, 0.05) is 6.04 Å². The molecule has 0 aromatic rings. The molecule has 3 fully saturated rings. The van der Waals surface area contributed by atoms with Crippen molar-refractivity contribution >= 4 is 5.91 Å². The van der Waals surface area contributed by atoms with Crippen LogP contribution in [0.2, 0.25) is 0 Å². The Morgan fingerprint density at radius 2 is 2.06 bits per heavy atom. The number of nitrogens with one attached hydrogen (secondary N) is 2. The second-order valence-corrected chi connectivity index (χ2v) is 6.27. The van der Waals surface area contributed by atoms with Crippen LogP contribution in [0.5, 0.6) is 0 Å². The first-order valence-corrected chi connectivity index (χ1v) is 7.35. The normalized spacial score (nSPS) is 43.7. The van der Waals surface area contributed by atoms with Crippen LogP contribution in [0.1, 0.15) is 32.6 Å². The second-order valence-electron chi connectivity index (χ2n) is 6.27. The summed E-state index contributed by atoms with van der Waals surface area (Å²) in [6.07, 6.45) is 4.70. The van der Waals surface area contributed by atoms with Crippen molar-refractivity contribution in [1.82, 2.24) is 10.6 Å². The molecule has 3 unspecified atom stereocenters. The molecule has 2 aliphatic heterocycles. The molecule has 0 aromatic heterocycles. The average Bonchev–Trinajstić information content (AvgIpc) is 2.96. The third kappa shape index (κ3) is 2.54. The maximum absolute atomic E-state index is 12.1. The molecular weight excluding hydrogens is 228 g/mol. The van der Waals surface area contributed by atoms with Gasteiger partial charge in [0.2, 0.25) is 5.91 Å². The van der Waals surface area contributed by atoms with E-state index in [4.69, 9.17) is 4.74 Å². The lowest BCUT2D eigenvalue weighted by Gasteiger charge is -2.32. The van der Waals surface area contributed by atoms with Crippen molar-refractivity contribution in [2.45, 2.75) is 44.8 Å². The molecule has 102 valence electrons. The molecular formula is C14H24N2O2. The summed E-state index contributed by atoms with van der Waals surface area (Å²) in [4.78, 5) is 12.1. The minimum absolute atomic E-state index is 0.0828. The lowest BCUT2D eigenvalue weighted by Crippen LogP contribution is -2.43. The van der Waals surface area contributed by atoms with E-state index in [2.05, 4.69) is 10.6 Å². The number of amides is 1. The van der Waals surface area contributed by atoms with Crippen LogP contribution in [0.25, 0.3) is 0 Å². The zero-order chi connectivity index (χ0) is 12.5. The van der Waals surface area contributed by atoms with Crippen LogP contribution in [-0.4, -0.2) is 37.7 Å². The Morgan fingerprint density at radius 1 is 1.22 bits per heavy atom. The van der Waals surface area contributed by atoms with E-state index < -0.39 is 0 Å². The summed E-state index contributed by atoms with van der Waals surface area (Å²) in [5, 5.41) is 6.71. The first kappa shape index (κ1) is 12.4. The second kappa shape index (κ2) is 5.17. The van der Waals surface area contributed by atoms with Crippen LogP contribution in [0, 0.1) is 17.8 Å². The standard InChI is InChI=1S/C14H24N2O2/c1-9-4-12(8-18-9)14(17)16-13-3-2-10-6-15-7-11(10)5-13/h9-13,15H,2-8H2,1H3,(H,16,17)/t9?,10-,11+,12?,13?/m0/s1. The number of rotatable bonds is 2. The fourth-order valence-electron chi connectivity index (χ4n) is 3.75. The summed E-state index contributed by atoms with van der Waals surface area (Å²) >= 11 is 0. The Kier molecular flexibility index (Phi) is 3.57. The molecule has 3 rings (SSSR count). The highest BCUT2D eigenvalue weighted by Gasteiger charge is 2.36. The third-order valence-electron chi connectivity index (χ3n) is 4.87. The van der Waals surface area contributed by atoms with E-state index in [0.717, 1.165) is 37.6 Å². The van der Waals surface area contributed by atoms with Crippen LogP contribution in [-0.2, 0) is 9.53 Å². The van der Waals surface area contributed by atoms with Crippen molar-refractivity contribution in [3.63, 3.8) is 0 Å². The number of hydrogen-bond acceptors (Lipinski definition) is 3. The van der Waals surface area contributed by atoms with Crippen LogP contribution >= 0.6 is 0 Å². The van der Waals surface area contributed by atoms with Crippen molar-refractivity contribution in [2.24, 2.45) is 17.8 Å². The SMILES string of the molecule is CC1CC(C(=O)NC2CC[C@H]3CNC[C@H]3C2)CO1. The summed E-state index contributed by atoms with van der Waals surface area (Å²) in [6.45, 7) is 4.97.